The maximum absolute atomic E-state index is 9.51. The van der Waals surface area contributed by atoms with Crippen LogP contribution in [0.5, 0.6) is 5.75 Å². The molecule has 4 aromatic rings. The molecule has 0 N–H and O–H groups in total. The Balaban J connectivity index is 1.76. The summed E-state index contributed by atoms with van der Waals surface area (Å²) in [5.41, 5.74) is 4.18. The Labute approximate surface area is 173 Å². The van der Waals surface area contributed by atoms with Gasteiger partial charge in [0.25, 0.3) is 0 Å². The fourth-order valence-corrected chi connectivity index (χ4v) is 4.23. The molecule has 0 unspecified atom stereocenters. The summed E-state index contributed by atoms with van der Waals surface area (Å²) in [7, 11) is 1.65. The number of para-hydroxylation sites is 2. The van der Waals surface area contributed by atoms with Gasteiger partial charge in [0.05, 0.1) is 29.6 Å². The summed E-state index contributed by atoms with van der Waals surface area (Å²) in [6, 6.07) is 18.2. The van der Waals surface area contributed by atoms with Gasteiger partial charge in [0.2, 0.25) is 0 Å². The Kier molecular flexibility index (Phi) is 5.19. The molecule has 0 aliphatic rings. The Morgan fingerprint density at radius 3 is 2.52 bits per heavy atom. The number of imidazole rings is 1. The third-order valence-electron chi connectivity index (χ3n) is 4.58. The molecule has 0 bridgehead atoms. The lowest BCUT2D eigenvalue weighted by atomic mass is 10.2. The first kappa shape index (κ1) is 19.0. The highest BCUT2D eigenvalue weighted by Crippen LogP contribution is 2.29. The largest absolute Gasteiger partial charge is 0.497 e. The topological polar surface area (TPSA) is 76.6 Å². The van der Waals surface area contributed by atoms with Crippen molar-refractivity contribution in [1.82, 2.24) is 19.5 Å². The third kappa shape index (κ3) is 3.67. The van der Waals surface area contributed by atoms with E-state index in [1.165, 1.54) is 11.8 Å². The number of hydrogen-bond acceptors (Lipinski definition) is 6. The summed E-state index contributed by atoms with van der Waals surface area (Å²) < 4.78 is 7.42. The lowest BCUT2D eigenvalue weighted by Gasteiger charge is -2.11. The number of nitrogens with zero attached hydrogens (tertiary/aromatic N) is 5. The zero-order chi connectivity index (χ0) is 20.4. The quantitative estimate of drug-likeness (QED) is 0.359. The molecule has 0 spiro atoms. The number of ether oxygens (including phenoxy) is 1. The van der Waals surface area contributed by atoms with Crippen molar-refractivity contribution in [2.45, 2.75) is 24.6 Å². The van der Waals surface area contributed by atoms with Crippen molar-refractivity contribution in [3.63, 3.8) is 0 Å². The van der Waals surface area contributed by atoms with Crippen molar-refractivity contribution in [2.24, 2.45) is 0 Å². The van der Waals surface area contributed by atoms with Crippen molar-refractivity contribution in [1.29, 1.82) is 5.26 Å². The van der Waals surface area contributed by atoms with Crippen molar-refractivity contribution < 1.29 is 4.74 Å². The SMILES string of the molecule is COc1ccc(-n2c(CSc3nc(C)nc(C)c3C#N)nc3ccccc32)cc1. The minimum Gasteiger partial charge on any atom is -0.497 e. The van der Waals surface area contributed by atoms with Crippen LogP contribution in [0.2, 0.25) is 0 Å². The first-order valence-electron chi connectivity index (χ1n) is 9.09. The third-order valence-corrected chi connectivity index (χ3v) is 5.55. The van der Waals surface area contributed by atoms with Crippen molar-refractivity contribution >= 4 is 22.8 Å². The van der Waals surface area contributed by atoms with Gasteiger partial charge in [-0.15, -0.1) is 0 Å². The Morgan fingerprint density at radius 2 is 1.79 bits per heavy atom. The van der Waals surface area contributed by atoms with Gasteiger partial charge in [-0.25, -0.2) is 15.0 Å². The summed E-state index contributed by atoms with van der Waals surface area (Å²) in [6.07, 6.45) is 0. The molecule has 2 aromatic heterocycles. The minimum atomic E-state index is 0.521. The standard InChI is InChI=1S/C22H19N5OS/c1-14-18(12-23)22(25-15(2)24-14)29-13-21-26-19-6-4-5-7-20(19)27(21)16-8-10-17(28-3)11-9-16/h4-11H,13H2,1-3H3. The number of thioether (sulfide) groups is 1. The Bertz CT molecular complexity index is 1220. The fourth-order valence-electron chi connectivity index (χ4n) is 3.24. The number of methoxy groups -OCH3 is 1. The van der Waals surface area contributed by atoms with Crippen LogP contribution in [-0.4, -0.2) is 26.6 Å². The van der Waals surface area contributed by atoms with Gasteiger partial charge in [0, 0.05) is 5.69 Å². The number of aromatic nitrogens is 4. The number of nitriles is 1. The summed E-state index contributed by atoms with van der Waals surface area (Å²) >= 11 is 1.50. The molecule has 144 valence electrons. The van der Waals surface area contributed by atoms with Gasteiger partial charge in [0.1, 0.15) is 34.1 Å². The van der Waals surface area contributed by atoms with E-state index in [4.69, 9.17) is 9.72 Å². The smallest absolute Gasteiger partial charge is 0.126 e. The van der Waals surface area contributed by atoms with E-state index in [1.54, 1.807) is 7.11 Å². The van der Waals surface area contributed by atoms with E-state index in [-0.39, 0.29) is 0 Å². The molecule has 0 aliphatic heterocycles. The first-order valence-corrected chi connectivity index (χ1v) is 10.1. The first-order chi connectivity index (χ1) is 14.1. The van der Waals surface area contributed by atoms with Crippen molar-refractivity contribution in [3.8, 4) is 17.5 Å². The van der Waals surface area contributed by atoms with E-state index in [2.05, 4.69) is 26.7 Å². The lowest BCUT2D eigenvalue weighted by molar-refractivity contribution is 0.414. The summed E-state index contributed by atoms with van der Waals surface area (Å²) in [5.74, 6) is 2.93. The molecule has 7 heteroatoms. The number of hydrogen-bond donors (Lipinski definition) is 0. The molecular weight excluding hydrogens is 382 g/mol. The van der Waals surface area contributed by atoms with Crippen LogP contribution in [0, 0.1) is 25.2 Å². The van der Waals surface area contributed by atoms with Crippen LogP contribution in [0.4, 0.5) is 0 Å². The molecule has 0 fully saturated rings. The molecular formula is C22H19N5OS. The molecule has 0 saturated heterocycles. The molecule has 0 saturated carbocycles. The highest BCUT2D eigenvalue weighted by atomic mass is 32.2. The van der Waals surface area contributed by atoms with Crippen LogP contribution in [0.15, 0.2) is 53.6 Å². The van der Waals surface area contributed by atoms with Gasteiger partial charge in [-0.1, -0.05) is 23.9 Å². The van der Waals surface area contributed by atoms with Crippen LogP contribution >= 0.6 is 11.8 Å². The predicted molar refractivity (Wildman–Crippen MR) is 113 cm³/mol. The number of aryl methyl sites for hydroxylation is 2. The zero-order valence-electron chi connectivity index (χ0n) is 16.4. The van der Waals surface area contributed by atoms with Crippen molar-refractivity contribution in [3.05, 3.63) is 71.4 Å². The van der Waals surface area contributed by atoms with Gasteiger partial charge in [-0.3, -0.25) is 4.57 Å². The zero-order valence-corrected chi connectivity index (χ0v) is 17.2. The molecule has 2 aromatic carbocycles. The second-order valence-electron chi connectivity index (χ2n) is 6.49. The Hall–Kier alpha value is -3.37. The molecule has 0 amide bonds. The summed E-state index contributed by atoms with van der Waals surface area (Å²) in [5, 5.41) is 10.2. The predicted octanol–water partition coefficient (Wildman–Crippen LogP) is 4.60. The molecule has 2 heterocycles. The minimum absolute atomic E-state index is 0.521. The summed E-state index contributed by atoms with van der Waals surface area (Å²) in [4.78, 5) is 13.6. The molecule has 0 radical (unpaired) electrons. The van der Waals surface area contributed by atoms with Gasteiger partial charge in [-0.05, 0) is 50.2 Å². The van der Waals surface area contributed by atoms with E-state index in [0.717, 1.165) is 28.3 Å². The maximum atomic E-state index is 9.51. The average molecular weight is 401 g/mol. The molecule has 4 rings (SSSR count). The van der Waals surface area contributed by atoms with E-state index in [0.29, 0.717) is 27.9 Å². The van der Waals surface area contributed by atoms with Gasteiger partial charge >= 0.3 is 0 Å². The van der Waals surface area contributed by atoms with Crippen LogP contribution in [0.1, 0.15) is 22.9 Å². The monoisotopic (exact) mass is 401 g/mol. The molecule has 6 nitrogen and oxygen atoms in total. The van der Waals surface area contributed by atoms with E-state index < -0.39 is 0 Å². The van der Waals surface area contributed by atoms with Gasteiger partial charge in [0.15, 0.2) is 0 Å². The molecule has 29 heavy (non-hydrogen) atoms. The average Bonchev–Trinajstić information content (AvgIpc) is 3.10. The Morgan fingerprint density at radius 1 is 1.03 bits per heavy atom. The number of fused-ring (bicyclic) bond motifs is 1. The normalized spacial score (nSPS) is 10.8. The van der Waals surface area contributed by atoms with E-state index in [1.807, 2.05) is 56.3 Å². The summed E-state index contributed by atoms with van der Waals surface area (Å²) in [6.45, 7) is 3.68. The van der Waals surface area contributed by atoms with Gasteiger partial charge in [-0.2, -0.15) is 5.26 Å². The maximum Gasteiger partial charge on any atom is 0.126 e. The highest BCUT2D eigenvalue weighted by molar-refractivity contribution is 7.98. The second kappa shape index (κ2) is 7.94. The van der Waals surface area contributed by atoms with Crippen LogP contribution < -0.4 is 4.74 Å². The molecule has 0 aliphatic carbocycles. The van der Waals surface area contributed by atoms with E-state index in [9.17, 15) is 5.26 Å². The van der Waals surface area contributed by atoms with Crippen LogP contribution in [0.25, 0.3) is 16.7 Å². The second-order valence-corrected chi connectivity index (χ2v) is 7.45. The fraction of sp³-hybridized carbons (Fsp3) is 0.182. The lowest BCUT2D eigenvalue weighted by Crippen LogP contribution is -2.02. The number of rotatable bonds is 5. The van der Waals surface area contributed by atoms with Crippen molar-refractivity contribution in [2.75, 3.05) is 7.11 Å². The number of benzene rings is 2. The highest BCUT2D eigenvalue weighted by Gasteiger charge is 2.16. The van der Waals surface area contributed by atoms with Gasteiger partial charge < -0.3 is 4.74 Å². The van der Waals surface area contributed by atoms with Crippen LogP contribution in [-0.2, 0) is 5.75 Å². The van der Waals surface area contributed by atoms with Crippen LogP contribution in [0.3, 0.4) is 0 Å². The van der Waals surface area contributed by atoms with E-state index >= 15 is 0 Å². The molecule has 0 atom stereocenters.